The molecule has 0 spiro atoms. The maximum absolute atomic E-state index is 13.5. The van der Waals surface area contributed by atoms with E-state index in [2.05, 4.69) is 14.9 Å². The molecule has 0 radical (unpaired) electrons. The topological polar surface area (TPSA) is 88.3 Å². The van der Waals surface area contributed by atoms with Crippen molar-refractivity contribution < 1.29 is 14.0 Å². The number of nitrogens with one attached hydrogen (secondary N) is 1. The zero-order valence-electron chi connectivity index (χ0n) is 18.0. The number of anilines is 1. The molecule has 2 aromatic heterocycles. The molecule has 0 aliphatic carbocycles. The Morgan fingerprint density at radius 1 is 1.10 bits per heavy atom. The molecule has 2 amide bonds. The van der Waals surface area contributed by atoms with Crippen LogP contribution in [0.2, 0.25) is 0 Å². The van der Waals surface area contributed by atoms with Crippen LogP contribution >= 0.6 is 11.5 Å². The second-order valence-corrected chi connectivity index (χ2v) is 8.93. The van der Waals surface area contributed by atoms with Gasteiger partial charge >= 0.3 is 0 Å². The van der Waals surface area contributed by atoms with Crippen molar-refractivity contribution in [2.24, 2.45) is 0 Å². The number of carbonyl (C=O) groups excluding carboxylic acids is 2. The molecule has 0 bridgehead atoms. The number of rotatable bonds is 5. The zero-order valence-corrected chi connectivity index (χ0v) is 18.8. The van der Waals surface area contributed by atoms with Gasteiger partial charge in [0, 0.05) is 16.6 Å². The Morgan fingerprint density at radius 2 is 1.83 bits per heavy atom. The number of aromatic nitrogens is 2. The Morgan fingerprint density at radius 3 is 2.37 bits per heavy atom. The number of hydrogen-bond donors (Lipinski definition) is 1. The number of furan rings is 1. The maximum Gasteiger partial charge on any atom is 0.280 e. The van der Waals surface area contributed by atoms with Crippen molar-refractivity contribution in [3.63, 3.8) is 0 Å². The third kappa shape index (κ3) is 4.76. The molecule has 7 nitrogen and oxygen atoms in total. The van der Waals surface area contributed by atoms with Crippen LogP contribution in [0.1, 0.15) is 59.9 Å². The van der Waals surface area contributed by atoms with Crippen molar-refractivity contribution >= 4 is 29.0 Å². The van der Waals surface area contributed by atoms with Gasteiger partial charge in [-0.3, -0.25) is 14.5 Å². The van der Waals surface area contributed by atoms with E-state index in [-0.39, 0.29) is 11.6 Å². The summed E-state index contributed by atoms with van der Waals surface area (Å²) in [6.45, 7) is 11.4. The number of hydrogen-bond acceptors (Lipinski definition) is 6. The third-order valence-corrected chi connectivity index (χ3v) is 5.11. The van der Waals surface area contributed by atoms with Gasteiger partial charge in [0.2, 0.25) is 0 Å². The predicted octanol–water partition coefficient (Wildman–Crippen LogP) is 4.36. The number of amides is 2. The van der Waals surface area contributed by atoms with Crippen LogP contribution in [0.5, 0.6) is 0 Å². The molecule has 1 atom stereocenters. The van der Waals surface area contributed by atoms with Crippen LogP contribution < -0.4 is 10.2 Å². The summed E-state index contributed by atoms with van der Waals surface area (Å²) in [5, 5.41) is 8.48. The first-order valence-corrected chi connectivity index (χ1v) is 10.5. The van der Waals surface area contributed by atoms with Gasteiger partial charge in [-0.05, 0) is 88.5 Å². The lowest BCUT2D eigenvalue weighted by atomic mass is 10.0. The van der Waals surface area contributed by atoms with E-state index in [0.717, 1.165) is 22.7 Å². The zero-order chi connectivity index (χ0) is 22.1. The maximum atomic E-state index is 13.5. The highest BCUT2D eigenvalue weighted by molar-refractivity contribution is 7.03. The van der Waals surface area contributed by atoms with Crippen molar-refractivity contribution in [1.29, 1.82) is 0 Å². The summed E-state index contributed by atoms with van der Waals surface area (Å²) in [7, 11) is 0. The molecule has 0 aliphatic heterocycles. The van der Waals surface area contributed by atoms with Gasteiger partial charge in [-0.2, -0.15) is 0 Å². The Labute approximate surface area is 180 Å². The summed E-state index contributed by atoms with van der Waals surface area (Å²) in [5.41, 5.74) is 2.37. The molecule has 0 saturated carbocycles. The molecule has 3 aromatic rings. The van der Waals surface area contributed by atoms with E-state index in [1.54, 1.807) is 24.4 Å². The molecule has 1 aromatic carbocycles. The average molecular weight is 427 g/mol. The summed E-state index contributed by atoms with van der Waals surface area (Å²) in [4.78, 5) is 28.3. The summed E-state index contributed by atoms with van der Waals surface area (Å²) in [5.74, 6) is 0.270. The standard InChI is InChI=1S/C22H26N4O3S/c1-13-7-9-16(11-14(13)2)26(21(28)17-12-30-25-24-17)19(18-10-8-15(3)29-18)20(27)23-22(4,5)6/h7-12,19H,1-6H3,(H,23,27). The van der Waals surface area contributed by atoms with E-state index >= 15 is 0 Å². The van der Waals surface area contributed by atoms with Crippen LogP contribution in [-0.2, 0) is 4.79 Å². The first-order chi connectivity index (χ1) is 14.1. The van der Waals surface area contributed by atoms with Crippen LogP contribution in [0, 0.1) is 20.8 Å². The number of nitrogens with zero attached hydrogens (tertiary/aromatic N) is 3. The van der Waals surface area contributed by atoms with Gasteiger partial charge in [0.1, 0.15) is 11.5 Å². The van der Waals surface area contributed by atoms with Crippen molar-refractivity contribution in [2.45, 2.75) is 53.1 Å². The van der Waals surface area contributed by atoms with E-state index in [9.17, 15) is 9.59 Å². The van der Waals surface area contributed by atoms with Gasteiger partial charge in [-0.25, -0.2) is 0 Å². The molecule has 0 aliphatic rings. The fourth-order valence-corrected chi connectivity index (χ4v) is 3.48. The molecule has 0 saturated heterocycles. The molecule has 3 rings (SSSR count). The highest BCUT2D eigenvalue weighted by atomic mass is 32.1. The molecular weight excluding hydrogens is 400 g/mol. The first kappa shape index (κ1) is 21.7. The summed E-state index contributed by atoms with van der Waals surface area (Å²) in [6.07, 6.45) is 0. The van der Waals surface area contributed by atoms with E-state index in [1.165, 1.54) is 4.90 Å². The van der Waals surface area contributed by atoms with Crippen LogP contribution in [0.3, 0.4) is 0 Å². The Hall–Kier alpha value is -3.00. The number of carbonyl (C=O) groups is 2. The van der Waals surface area contributed by atoms with E-state index in [1.807, 2.05) is 52.8 Å². The molecule has 1 unspecified atom stereocenters. The van der Waals surface area contributed by atoms with Gasteiger partial charge in [0.15, 0.2) is 11.7 Å². The monoisotopic (exact) mass is 426 g/mol. The number of benzene rings is 1. The minimum atomic E-state index is -1.01. The van der Waals surface area contributed by atoms with Gasteiger partial charge in [-0.1, -0.05) is 10.6 Å². The van der Waals surface area contributed by atoms with Crippen molar-refractivity contribution in [1.82, 2.24) is 14.9 Å². The van der Waals surface area contributed by atoms with E-state index in [0.29, 0.717) is 17.2 Å². The fourth-order valence-electron chi connectivity index (χ4n) is 3.05. The average Bonchev–Trinajstić information content (AvgIpc) is 3.32. The lowest BCUT2D eigenvalue weighted by Gasteiger charge is -2.32. The van der Waals surface area contributed by atoms with E-state index < -0.39 is 17.5 Å². The SMILES string of the molecule is Cc1ccc(C(C(=O)NC(C)(C)C)N(C(=O)c2csnn2)c2ccc(C)c(C)c2)o1. The third-order valence-electron chi connectivity index (χ3n) is 4.60. The molecular formula is C22H26N4O3S. The normalized spacial score (nSPS) is 12.5. The highest BCUT2D eigenvalue weighted by Crippen LogP contribution is 2.32. The molecule has 8 heteroatoms. The van der Waals surface area contributed by atoms with Gasteiger partial charge in [0.25, 0.3) is 11.8 Å². The Balaban J connectivity index is 2.18. The molecule has 1 N–H and O–H groups in total. The van der Waals surface area contributed by atoms with Crippen molar-refractivity contribution in [3.8, 4) is 0 Å². The second kappa shape index (κ2) is 8.39. The summed E-state index contributed by atoms with van der Waals surface area (Å²) >= 11 is 1.08. The predicted molar refractivity (Wildman–Crippen MR) is 117 cm³/mol. The van der Waals surface area contributed by atoms with Gasteiger partial charge < -0.3 is 9.73 Å². The van der Waals surface area contributed by atoms with Gasteiger partial charge in [-0.15, -0.1) is 5.10 Å². The summed E-state index contributed by atoms with van der Waals surface area (Å²) < 4.78 is 9.63. The van der Waals surface area contributed by atoms with Crippen LogP contribution in [0.25, 0.3) is 0 Å². The van der Waals surface area contributed by atoms with Gasteiger partial charge in [0.05, 0.1) is 0 Å². The summed E-state index contributed by atoms with van der Waals surface area (Å²) in [6, 6.07) is 8.14. The minimum absolute atomic E-state index is 0.176. The van der Waals surface area contributed by atoms with Crippen LogP contribution in [0.4, 0.5) is 5.69 Å². The Kier molecular flexibility index (Phi) is 6.07. The fraction of sp³-hybridized carbons (Fsp3) is 0.364. The minimum Gasteiger partial charge on any atom is -0.464 e. The lowest BCUT2D eigenvalue weighted by molar-refractivity contribution is -0.124. The molecule has 158 valence electrons. The number of aryl methyl sites for hydroxylation is 3. The largest absolute Gasteiger partial charge is 0.464 e. The second-order valence-electron chi connectivity index (χ2n) is 8.32. The highest BCUT2D eigenvalue weighted by Gasteiger charge is 2.37. The quantitative estimate of drug-likeness (QED) is 0.655. The van der Waals surface area contributed by atoms with Crippen molar-refractivity contribution in [2.75, 3.05) is 4.90 Å². The lowest BCUT2D eigenvalue weighted by Crippen LogP contribution is -2.49. The van der Waals surface area contributed by atoms with Crippen molar-refractivity contribution in [3.05, 3.63) is 64.1 Å². The molecule has 30 heavy (non-hydrogen) atoms. The van der Waals surface area contributed by atoms with Crippen LogP contribution in [-0.4, -0.2) is 26.9 Å². The van der Waals surface area contributed by atoms with E-state index in [4.69, 9.17) is 4.42 Å². The molecule has 2 heterocycles. The smallest absolute Gasteiger partial charge is 0.280 e. The van der Waals surface area contributed by atoms with Crippen LogP contribution in [0.15, 0.2) is 40.1 Å². The Bertz CT molecular complexity index is 1050. The molecule has 0 fully saturated rings. The first-order valence-electron chi connectivity index (χ1n) is 9.63.